The van der Waals surface area contributed by atoms with E-state index in [0.717, 1.165) is 24.0 Å². The smallest absolute Gasteiger partial charge is 0.227 e. The summed E-state index contributed by atoms with van der Waals surface area (Å²) in [5.41, 5.74) is 2.22. The minimum Gasteiger partial charge on any atom is -0.309 e. The molecule has 4 heteroatoms. The van der Waals surface area contributed by atoms with Gasteiger partial charge in [0.25, 0.3) is 0 Å². The lowest BCUT2D eigenvalue weighted by atomic mass is 10.0. The molecule has 0 radical (unpaired) electrons. The van der Waals surface area contributed by atoms with E-state index in [-0.39, 0.29) is 17.5 Å². The number of nitrogens with zero attached hydrogens (tertiary/aromatic N) is 1. The molecule has 0 aromatic heterocycles. The third-order valence-corrected chi connectivity index (χ3v) is 4.01. The van der Waals surface area contributed by atoms with Gasteiger partial charge in [-0.15, -0.1) is 0 Å². The van der Waals surface area contributed by atoms with Crippen molar-refractivity contribution in [2.75, 3.05) is 11.4 Å². The Morgan fingerprint density at radius 3 is 2.64 bits per heavy atom. The zero-order chi connectivity index (χ0) is 15.5. The Hall–Kier alpha value is -2.23. The maximum absolute atomic E-state index is 14.1. The summed E-state index contributed by atoms with van der Waals surface area (Å²) in [6.45, 7) is 0.552. The zero-order valence-corrected chi connectivity index (χ0v) is 12.2. The molecule has 0 N–H and O–H groups in total. The first-order chi connectivity index (χ1) is 10.6. The Morgan fingerprint density at radius 2 is 1.86 bits per heavy atom. The number of anilines is 1. The molecule has 0 saturated heterocycles. The average Bonchev–Trinajstić information content (AvgIpc) is 2.54. The van der Waals surface area contributed by atoms with Crippen LogP contribution in [-0.4, -0.2) is 12.5 Å². The first-order valence-corrected chi connectivity index (χ1v) is 7.47. The lowest BCUT2D eigenvalue weighted by Gasteiger charge is -2.30. The van der Waals surface area contributed by atoms with Crippen molar-refractivity contribution in [3.05, 3.63) is 65.2 Å². The SMILES string of the molecule is O=C(CCc1ccc(F)cc1)N1CCCc2cccc(F)c21. The second-order valence-electron chi connectivity index (χ2n) is 5.52. The maximum Gasteiger partial charge on any atom is 0.227 e. The van der Waals surface area contributed by atoms with Gasteiger partial charge in [0.2, 0.25) is 5.91 Å². The number of hydrogen-bond donors (Lipinski definition) is 0. The first-order valence-electron chi connectivity index (χ1n) is 7.47. The number of amides is 1. The van der Waals surface area contributed by atoms with Crippen LogP contribution in [0.5, 0.6) is 0 Å². The summed E-state index contributed by atoms with van der Waals surface area (Å²) >= 11 is 0. The van der Waals surface area contributed by atoms with Crippen LogP contribution in [0.4, 0.5) is 14.5 Å². The summed E-state index contributed by atoms with van der Waals surface area (Å²) < 4.78 is 26.9. The summed E-state index contributed by atoms with van der Waals surface area (Å²) in [4.78, 5) is 14.0. The van der Waals surface area contributed by atoms with Crippen molar-refractivity contribution in [3.8, 4) is 0 Å². The van der Waals surface area contributed by atoms with Crippen molar-refractivity contribution in [1.29, 1.82) is 0 Å². The summed E-state index contributed by atoms with van der Waals surface area (Å²) in [6.07, 6.45) is 2.46. The predicted octanol–water partition coefficient (Wildman–Crippen LogP) is 3.88. The minimum atomic E-state index is -0.340. The van der Waals surface area contributed by atoms with Crippen LogP contribution in [0.1, 0.15) is 24.0 Å². The third-order valence-electron chi connectivity index (χ3n) is 4.01. The molecule has 2 aromatic rings. The molecule has 0 saturated carbocycles. The van der Waals surface area contributed by atoms with Crippen LogP contribution in [0, 0.1) is 11.6 Å². The van der Waals surface area contributed by atoms with Gasteiger partial charge < -0.3 is 4.90 Å². The number of halogens is 2. The van der Waals surface area contributed by atoms with Gasteiger partial charge in [-0.05, 0) is 48.6 Å². The highest BCUT2D eigenvalue weighted by molar-refractivity contribution is 5.94. The van der Waals surface area contributed by atoms with Crippen molar-refractivity contribution >= 4 is 11.6 Å². The van der Waals surface area contributed by atoms with E-state index in [1.54, 1.807) is 23.1 Å². The van der Waals surface area contributed by atoms with Crippen LogP contribution in [0.2, 0.25) is 0 Å². The summed E-state index contributed by atoms with van der Waals surface area (Å²) in [5.74, 6) is -0.718. The van der Waals surface area contributed by atoms with Crippen LogP contribution in [-0.2, 0) is 17.6 Å². The Kier molecular flexibility index (Phi) is 4.18. The van der Waals surface area contributed by atoms with Gasteiger partial charge in [0.15, 0.2) is 0 Å². The number of para-hydroxylation sites is 1. The molecule has 22 heavy (non-hydrogen) atoms. The molecule has 0 spiro atoms. The second kappa shape index (κ2) is 6.26. The van der Waals surface area contributed by atoms with Crippen LogP contribution >= 0.6 is 0 Å². The standard InChI is InChI=1S/C18H17F2NO/c19-15-9-6-13(7-10-15)8-11-17(22)21-12-2-4-14-3-1-5-16(20)18(14)21/h1,3,5-7,9-10H,2,4,8,11-12H2. The molecule has 1 aliphatic heterocycles. The summed E-state index contributed by atoms with van der Waals surface area (Å²) in [5, 5.41) is 0. The summed E-state index contributed by atoms with van der Waals surface area (Å²) in [7, 11) is 0. The number of carbonyl (C=O) groups excluding carboxylic acids is 1. The van der Waals surface area contributed by atoms with E-state index in [2.05, 4.69) is 0 Å². The van der Waals surface area contributed by atoms with Gasteiger partial charge in [-0.3, -0.25) is 4.79 Å². The van der Waals surface area contributed by atoms with Crippen molar-refractivity contribution < 1.29 is 13.6 Å². The number of rotatable bonds is 3. The van der Waals surface area contributed by atoms with E-state index in [9.17, 15) is 13.6 Å². The van der Waals surface area contributed by atoms with E-state index in [0.29, 0.717) is 25.1 Å². The molecule has 1 aliphatic rings. The highest BCUT2D eigenvalue weighted by Crippen LogP contribution is 2.30. The molecule has 0 bridgehead atoms. The van der Waals surface area contributed by atoms with Gasteiger partial charge in [0.05, 0.1) is 5.69 Å². The zero-order valence-electron chi connectivity index (χ0n) is 12.2. The molecule has 2 aromatic carbocycles. The van der Waals surface area contributed by atoms with Gasteiger partial charge in [-0.25, -0.2) is 8.78 Å². The van der Waals surface area contributed by atoms with Gasteiger partial charge >= 0.3 is 0 Å². The topological polar surface area (TPSA) is 20.3 Å². The number of aryl methyl sites for hydroxylation is 2. The molecule has 0 atom stereocenters. The van der Waals surface area contributed by atoms with Crippen molar-refractivity contribution in [1.82, 2.24) is 0 Å². The fourth-order valence-corrected chi connectivity index (χ4v) is 2.89. The Bertz CT molecular complexity index is 682. The fourth-order valence-electron chi connectivity index (χ4n) is 2.89. The van der Waals surface area contributed by atoms with E-state index < -0.39 is 0 Å². The number of benzene rings is 2. The van der Waals surface area contributed by atoms with E-state index in [1.807, 2.05) is 6.07 Å². The van der Waals surface area contributed by atoms with Crippen molar-refractivity contribution in [3.63, 3.8) is 0 Å². The van der Waals surface area contributed by atoms with E-state index >= 15 is 0 Å². The van der Waals surface area contributed by atoms with Crippen molar-refractivity contribution in [2.24, 2.45) is 0 Å². The lowest BCUT2D eigenvalue weighted by molar-refractivity contribution is -0.118. The molecule has 0 fully saturated rings. The van der Waals surface area contributed by atoms with Gasteiger partial charge in [0, 0.05) is 13.0 Å². The number of carbonyl (C=O) groups is 1. The predicted molar refractivity (Wildman–Crippen MR) is 81.8 cm³/mol. The molecule has 0 aliphatic carbocycles. The van der Waals surface area contributed by atoms with E-state index in [1.165, 1.54) is 18.2 Å². The Balaban J connectivity index is 1.72. The highest BCUT2D eigenvalue weighted by Gasteiger charge is 2.25. The molecule has 1 amide bonds. The van der Waals surface area contributed by atoms with Crippen LogP contribution in [0.15, 0.2) is 42.5 Å². The normalized spacial score (nSPS) is 13.8. The monoisotopic (exact) mass is 301 g/mol. The van der Waals surface area contributed by atoms with Gasteiger partial charge in [-0.1, -0.05) is 24.3 Å². The molecule has 1 heterocycles. The molecular weight excluding hydrogens is 284 g/mol. The number of hydrogen-bond acceptors (Lipinski definition) is 1. The van der Waals surface area contributed by atoms with Crippen molar-refractivity contribution in [2.45, 2.75) is 25.7 Å². The molecule has 2 nitrogen and oxygen atoms in total. The molecule has 0 unspecified atom stereocenters. The van der Waals surface area contributed by atoms with E-state index in [4.69, 9.17) is 0 Å². The second-order valence-corrected chi connectivity index (χ2v) is 5.52. The highest BCUT2D eigenvalue weighted by atomic mass is 19.1. The Morgan fingerprint density at radius 1 is 1.09 bits per heavy atom. The van der Waals surface area contributed by atoms with Crippen LogP contribution in [0.25, 0.3) is 0 Å². The number of fused-ring (bicyclic) bond motifs is 1. The largest absolute Gasteiger partial charge is 0.309 e. The first kappa shape index (κ1) is 14.7. The lowest BCUT2D eigenvalue weighted by Crippen LogP contribution is -2.36. The van der Waals surface area contributed by atoms with Crippen LogP contribution < -0.4 is 4.90 Å². The Labute approximate surface area is 128 Å². The quantitative estimate of drug-likeness (QED) is 0.842. The molecular formula is C18H17F2NO. The minimum absolute atomic E-state index is 0.0876. The average molecular weight is 301 g/mol. The van der Waals surface area contributed by atoms with Gasteiger partial charge in [-0.2, -0.15) is 0 Å². The fraction of sp³-hybridized carbons (Fsp3) is 0.278. The van der Waals surface area contributed by atoms with Crippen LogP contribution in [0.3, 0.4) is 0 Å². The van der Waals surface area contributed by atoms with Gasteiger partial charge in [0.1, 0.15) is 11.6 Å². The summed E-state index contributed by atoms with van der Waals surface area (Å²) in [6, 6.07) is 11.1. The molecule has 3 rings (SSSR count). The third kappa shape index (κ3) is 3.01. The molecule has 114 valence electrons. The maximum atomic E-state index is 14.1.